The molecule has 2 rings (SSSR count). The van der Waals surface area contributed by atoms with Crippen LogP contribution in [0.25, 0.3) is 0 Å². The van der Waals surface area contributed by atoms with Gasteiger partial charge in [-0.05, 0) is 6.42 Å². The van der Waals surface area contributed by atoms with Crippen molar-refractivity contribution >= 4 is 0 Å². The molecular formula is C12H19NO5. The Balaban J connectivity index is 2.09. The van der Waals surface area contributed by atoms with Crippen LogP contribution in [0.2, 0.25) is 0 Å². The van der Waals surface area contributed by atoms with Crippen LogP contribution in [0.5, 0.6) is 0 Å². The molecule has 18 heavy (non-hydrogen) atoms. The lowest BCUT2D eigenvalue weighted by atomic mass is 9.74. The molecule has 2 aliphatic rings. The number of nitriles is 1. The van der Waals surface area contributed by atoms with Gasteiger partial charge in [0.05, 0.1) is 43.7 Å². The van der Waals surface area contributed by atoms with E-state index in [1.54, 1.807) is 0 Å². The van der Waals surface area contributed by atoms with E-state index in [1.165, 1.54) is 0 Å². The van der Waals surface area contributed by atoms with Crippen LogP contribution in [0.3, 0.4) is 0 Å². The van der Waals surface area contributed by atoms with Gasteiger partial charge < -0.3 is 24.8 Å². The third-order valence-electron chi connectivity index (χ3n) is 3.71. The van der Waals surface area contributed by atoms with Crippen LogP contribution >= 0.6 is 0 Å². The van der Waals surface area contributed by atoms with Crippen molar-refractivity contribution in [3.63, 3.8) is 0 Å². The number of rotatable bonds is 8. The Morgan fingerprint density at radius 1 is 1.11 bits per heavy atom. The molecule has 0 saturated carbocycles. The summed E-state index contributed by atoms with van der Waals surface area (Å²) in [6, 6.07) is 1.96. The third-order valence-corrected chi connectivity index (χ3v) is 3.71. The second kappa shape index (κ2) is 5.11. The Morgan fingerprint density at radius 2 is 1.61 bits per heavy atom. The molecule has 0 radical (unpaired) electrons. The van der Waals surface area contributed by atoms with Gasteiger partial charge in [0.15, 0.2) is 0 Å². The van der Waals surface area contributed by atoms with Crippen LogP contribution in [0.1, 0.15) is 25.7 Å². The summed E-state index contributed by atoms with van der Waals surface area (Å²) in [5.74, 6) is 0. The Hall–Kier alpha value is -0.710. The molecule has 0 bridgehead atoms. The molecule has 0 aromatic heterocycles. The molecule has 102 valence electrons. The number of hydrogen-bond donors (Lipinski definition) is 3. The van der Waals surface area contributed by atoms with Gasteiger partial charge >= 0.3 is 0 Å². The lowest BCUT2D eigenvalue weighted by Gasteiger charge is -2.42. The van der Waals surface area contributed by atoms with Gasteiger partial charge in [-0.3, -0.25) is 0 Å². The van der Waals surface area contributed by atoms with Crippen LogP contribution in [-0.4, -0.2) is 58.6 Å². The Bertz CT molecular complexity index is 336. The number of aliphatic hydroxyl groups is 3. The maximum Gasteiger partial charge on any atom is 0.119 e. The average Bonchev–Trinajstić information content (AvgIpc) is 3.22. The van der Waals surface area contributed by atoms with E-state index >= 15 is 0 Å². The molecule has 2 heterocycles. The van der Waals surface area contributed by atoms with Gasteiger partial charge in [-0.2, -0.15) is 5.26 Å². The first-order chi connectivity index (χ1) is 8.53. The summed E-state index contributed by atoms with van der Waals surface area (Å²) < 4.78 is 10.1. The minimum Gasteiger partial charge on any atom is -0.393 e. The molecule has 0 amide bonds. The fraction of sp³-hybridized carbons (Fsp3) is 0.917. The minimum absolute atomic E-state index is 0.0908. The third kappa shape index (κ3) is 2.99. The fourth-order valence-corrected chi connectivity index (χ4v) is 2.31. The zero-order valence-corrected chi connectivity index (χ0v) is 10.2. The fourth-order valence-electron chi connectivity index (χ4n) is 2.31. The highest BCUT2D eigenvalue weighted by molar-refractivity contribution is 5.05. The first-order valence-corrected chi connectivity index (χ1v) is 6.19. The summed E-state index contributed by atoms with van der Waals surface area (Å²) in [6.45, 7) is 0.536. The quantitative estimate of drug-likeness (QED) is 0.497. The second-order valence-corrected chi connectivity index (χ2v) is 5.20. The van der Waals surface area contributed by atoms with Crippen molar-refractivity contribution in [3.05, 3.63) is 0 Å². The molecule has 2 aliphatic heterocycles. The monoisotopic (exact) mass is 257 g/mol. The highest BCUT2D eigenvalue weighted by Gasteiger charge is 2.53. The van der Waals surface area contributed by atoms with Crippen LogP contribution in [-0.2, 0) is 9.47 Å². The Labute approximate surface area is 106 Å². The van der Waals surface area contributed by atoms with Gasteiger partial charge in [0.2, 0.25) is 0 Å². The first kappa shape index (κ1) is 13.7. The molecule has 6 nitrogen and oxygen atoms in total. The van der Waals surface area contributed by atoms with Gasteiger partial charge in [-0.15, -0.1) is 0 Å². The van der Waals surface area contributed by atoms with Crippen LogP contribution in [0.15, 0.2) is 0 Å². The number of hydrogen-bond acceptors (Lipinski definition) is 6. The number of ether oxygens (including phenoxy) is 2. The van der Waals surface area contributed by atoms with E-state index in [0.717, 1.165) is 0 Å². The molecule has 4 atom stereocenters. The molecule has 6 heteroatoms. The van der Waals surface area contributed by atoms with E-state index in [0.29, 0.717) is 13.2 Å². The van der Waals surface area contributed by atoms with E-state index in [9.17, 15) is 15.3 Å². The van der Waals surface area contributed by atoms with Crippen LogP contribution in [0.4, 0.5) is 0 Å². The number of nitrogens with zero attached hydrogens (tertiary/aromatic N) is 1. The lowest BCUT2D eigenvalue weighted by molar-refractivity contribution is -0.186. The SMILES string of the molecule is N#CCCC(O)(CC1CO1)C(O)(CO)CC1CO1. The van der Waals surface area contributed by atoms with E-state index in [1.807, 2.05) is 6.07 Å². The highest BCUT2D eigenvalue weighted by atomic mass is 16.6. The van der Waals surface area contributed by atoms with Gasteiger partial charge in [-0.25, -0.2) is 0 Å². The van der Waals surface area contributed by atoms with E-state index < -0.39 is 17.8 Å². The summed E-state index contributed by atoms with van der Waals surface area (Å²) in [5.41, 5.74) is -3.15. The largest absolute Gasteiger partial charge is 0.393 e. The van der Waals surface area contributed by atoms with Crippen LogP contribution in [0, 0.1) is 11.3 Å². The van der Waals surface area contributed by atoms with Gasteiger partial charge in [-0.1, -0.05) is 0 Å². The maximum absolute atomic E-state index is 10.7. The molecule has 0 aromatic carbocycles. The van der Waals surface area contributed by atoms with E-state index in [-0.39, 0.29) is 37.9 Å². The number of epoxide rings is 2. The second-order valence-electron chi connectivity index (χ2n) is 5.20. The molecule has 0 spiro atoms. The smallest absolute Gasteiger partial charge is 0.119 e. The summed E-state index contributed by atoms with van der Waals surface area (Å²) in [5, 5.41) is 39.3. The topological polar surface area (TPSA) is 110 Å². The summed E-state index contributed by atoms with van der Waals surface area (Å²) in [6.07, 6.45) is 0.448. The van der Waals surface area contributed by atoms with Gasteiger partial charge in [0, 0.05) is 19.3 Å². The molecule has 0 aromatic rings. The predicted molar refractivity (Wildman–Crippen MR) is 60.5 cm³/mol. The normalized spacial score (nSPS) is 32.1. The van der Waals surface area contributed by atoms with Crippen molar-refractivity contribution in [1.82, 2.24) is 0 Å². The average molecular weight is 257 g/mol. The van der Waals surface area contributed by atoms with Crippen molar-refractivity contribution in [2.45, 2.75) is 49.1 Å². The molecule has 4 unspecified atom stereocenters. The first-order valence-electron chi connectivity index (χ1n) is 6.19. The zero-order chi connectivity index (χ0) is 13.2. The molecule has 2 saturated heterocycles. The molecule has 0 aliphatic carbocycles. The van der Waals surface area contributed by atoms with Crippen molar-refractivity contribution in [2.24, 2.45) is 0 Å². The van der Waals surface area contributed by atoms with Crippen molar-refractivity contribution in [3.8, 4) is 6.07 Å². The van der Waals surface area contributed by atoms with Crippen molar-refractivity contribution in [2.75, 3.05) is 19.8 Å². The molecular weight excluding hydrogens is 238 g/mol. The molecule has 2 fully saturated rings. The summed E-state index contributed by atoms with van der Waals surface area (Å²) >= 11 is 0. The van der Waals surface area contributed by atoms with Gasteiger partial charge in [0.25, 0.3) is 0 Å². The maximum atomic E-state index is 10.7. The van der Waals surface area contributed by atoms with Crippen molar-refractivity contribution < 1.29 is 24.8 Å². The van der Waals surface area contributed by atoms with Crippen LogP contribution < -0.4 is 0 Å². The van der Waals surface area contributed by atoms with Crippen molar-refractivity contribution in [1.29, 1.82) is 5.26 Å². The van der Waals surface area contributed by atoms with E-state index in [2.05, 4.69) is 0 Å². The lowest BCUT2D eigenvalue weighted by Crippen LogP contribution is -2.58. The van der Waals surface area contributed by atoms with Gasteiger partial charge in [0.1, 0.15) is 5.60 Å². The summed E-state index contributed by atoms with van der Waals surface area (Å²) in [4.78, 5) is 0. The molecule has 3 N–H and O–H groups in total. The minimum atomic E-state index is -1.64. The predicted octanol–water partition coefficient (Wildman–Crippen LogP) is -0.678. The highest BCUT2D eigenvalue weighted by Crippen LogP contribution is 2.39. The Kier molecular flexibility index (Phi) is 3.90. The number of aliphatic hydroxyl groups excluding tert-OH is 1. The Morgan fingerprint density at radius 3 is 2.00 bits per heavy atom. The zero-order valence-electron chi connectivity index (χ0n) is 10.2. The standard InChI is InChI=1S/C12H19NO5/c13-3-1-2-11(15,4-9-6-17-9)12(16,8-14)5-10-7-18-10/h9-10,14-16H,1-2,4-8H2. The summed E-state index contributed by atoms with van der Waals surface area (Å²) in [7, 11) is 0. The van der Waals surface area contributed by atoms with E-state index in [4.69, 9.17) is 14.7 Å².